The fraction of sp³-hybridized carbons (Fsp3) is 0.286. The maximum atomic E-state index is 9.88. The molecule has 0 fully saturated rings. The summed E-state index contributed by atoms with van der Waals surface area (Å²) < 4.78 is 11.5. The van der Waals surface area contributed by atoms with E-state index in [-0.39, 0.29) is 0 Å². The molecule has 1 heterocycles. The summed E-state index contributed by atoms with van der Waals surface area (Å²) in [5.41, 5.74) is 3.75. The largest absolute Gasteiger partial charge is 0.507 e. The molecule has 4 heteroatoms. The molecule has 0 spiro atoms. The number of para-hydroxylation sites is 1. The number of oxazole rings is 1. The molecular weight excluding hydrogens is 314 g/mol. The first kappa shape index (κ1) is 17.1. The van der Waals surface area contributed by atoms with Gasteiger partial charge in [-0.15, -0.1) is 0 Å². The zero-order valence-electron chi connectivity index (χ0n) is 14.9. The molecule has 0 atom stereocenters. The fourth-order valence-corrected chi connectivity index (χ4v) is 2.90. The molecule has 0 aliphatic carbocycles. The van der Waals surface area contributed by atoms with E-state index in [0.29, 0.717) is 31.1 Å². The summed E-state index contributed by atoms with van der Waals surface area (Å²) in [4.78, 5) is 4.61. The van der Waals surface area contributed by atoms with Gasteiger partial charge < -0.3 is 14.3 Å². The van der Waals surface area contributed by atoms with E-state index >= 15 is 0 Å². The topological polar surface area (TPSA) is 55.5 Å². The van der Waals surface area contributed by atoms with Gasteiger partial charge in [0, 0.05) is 12.8 Å². The van der Waals surface area contributed by atoms with E-state index in [4.69, 9.17) is 9.15 Å². The number of rotatable bonds is 6. The lowest BCUT2D eigenvalue weighted by Gasteiger charge is -2.06. The van der Waals surface area contributed by atoms with Crippen molar-refractivity contribution in [3.05, 3.63) is 76.5 Å². The van der Waals surface area contributed by atoms with Gasteiger partial charge in [-0.2, -0.15) is 0 Å². The Morgan fingerprint density at radius 3 is 2.40 bits per heavy atom. The van der Waals surface area contributed by atoms with Crippen molar-refractivity contribution in [2.75, 3.05) is 6.61 Å². The molecule has 130 valence electrons. The monoisotopic (exact) mass is 337 g/mol. The first-order chi connectivity index (χ1) is 12.0. The van der Waals surface area contributed by atoms with Gasteiger partial charge in [0.05, 0.1) is 12.3 Å². The average Bonchev–Trinajstić information content (AvgIpc) is 2.93. The Morgan fingerprint density at radius 2 is 1.72 bits per heavy atom. The van der Waals surface area contributed by atoms with Gasteiger partial charge in [0.15, 0.2) is 5.89 Å². The van der Waals surface area contributed by atoms with Gasteiger partial charge in [-0.3, -0.25) is 0 Å². The molecule has 0 saturated heterocycles. The van der Waals surface area contributed by atoms with Gasteiger partial charge >= 0.3 is 0 Å². The lowest BCUT2D eigenvalue weighted by molar-refractivity contribution is 0.320. The second-order valence-electron chi connectivity index (χ2n) is 6.28. The van der Waals surface area contributed by atoms with Crippen LogP contribution in [0.2, 0.25) is 0 Å². The Balaban J connectivity index is 1.64. The highest BCUT2D eigenvalue weighted by atomic mass is 16.5. The van der Waals surface area contributed by atoms with Gasteiger partial charge in [0.25, 0.3) is 0 Å². The van der Waals surface area contributed by atoms with Crippen LogP contribution in [0.3, 0.4) is 0 Å². The first-order valence-electron chi connectivity index (χ1n) is 8.45. The predicted octanol–water partition coefficient (Wildman–Crippen LogP) is 4.52. The third kappa shape index (κ3) is 4.21. The van der Waals surface area contributed by atoms with Crippen molar-refractivity contribution in [2.24, 2.45) is 0 Å². The van der Waals surface area contributed by atoms with Gasteiger partial charge in [0.1, 0.15) is 17.3 Å². The first-order valence-corrected chi connectivity index (χ1v) is 8.45. The number of hydrogen-bond donors (Lipinski definition) is 1. The maximum absolute atomic E-state index is 9.88. The van der Waals surface area contributed by atoms with Crippen LogP contribution in [0, 0.1) is 20.8 Å². The second kappa shape index (κ2) is 7.43. The Hall–Kier alpha value is -2.75. The van der Waals surface area contributed by atoms with Crippen LogP contribution in [0.15, 0.2) is 46.9 Å². The van der Waals surface area contributed by atoms with Crippen LogP contribution in [0.25, 0.3) is 0 Å². The molecular formula is C21H23NO3. The Labute approximate surface area is 148 Å². The SMILES string of the molecule is Cc1cc(Cc2nc(CCOc3ccccc3)c(C)o2)cc(C)c1O. The van der Waals surface area contributed by atoms with Crippen LogP contribution in [0.5, 0.6) is 11.5 Å². The summed E-state index contributed by atoms with van der Waals surface area (Å²) in [6, 6.07) is 13.7. The Kier molecular flexibility index (Phi) is 5.08. The zero-order valence-corrected chi connectivity index (χ0v) is 14.9. The molecule has 1 aromatic heterocycles. The lowest BCUT2D eigenvalue weighted by Crippen LogP contribution is -2.02. The number of hydrogen-bond acceptors (Lipinski definition) is 4. The van der Waals surface area contributed by atoms with Gasteiger partial charge in [0.2, 0.25) is 0 Å². The summed E-state index contributed by atoms with van der Waals surface area (Å²) in [7, 11) is 0. The van der Waals surface area contributed by atoms with E-state index < -0.39 is 0 Å². The normalized spacial score (nSPS) is 10.8. The van der Waals surface area contributed by atoms with Crippen LogP contribution in [-0.4, -0.2) is 16.7 Å². The number of aryl methyl sites for hydroxylation is 3. The maximum Gasteiger partial charge on any atom is 0.199 e. The summed E-state index contributed by atoms with van der Waals surface area (Å²) in [5, 5.41) is 9.88. The summed E-state index contributed by atoms with van der Waals surface area (Å²) >= 11 is 0. The highest BCUT2D eigenvalue weighted by Crippen LogP contribution is 2.24. The molecule has 0 unspecified atom stereocenters. The molecule has 3 aromatic rings. The van der Waals surface area contributed by atoms with Crippen LogP contribution in [0.4, 0.5) is 0 Å². The van der Waals surface area contributed by atoms with Gasteiger partial charge in [-0.1, -0.05) is 30.3 Å². The fourth-order valence-electron chi connectivity index (χ4n) is 2.90. The molecule has 0 bridgehead atoms. The summed E-state index contributed by atoms with van der Waals surface area (Å²) in [6.07, 6.45) is 1.32. The molecule has 0 amide bonds. The molecule has 4 nitrogen and oxygen atoms in total. The minimum Gasteiger partial charge on any atom is -0.507 e. The highest BCUT2D eigenvalue weighted by molar-refractivity contribution is 5.42. The van der Waals surface area contributed by atoms with Crippen molar-refractivity contribution in [3.8, 4) is 11.5 Å². The van der Waals surface area contributed by atoms with Gasteiger partial charge in [-0.05, 0) is 49.6 Å². The van der Waals surface area contributed by atoms with Gasteiger partial charge in [-0.25, -0.2) is 4.98 Å². The van der Waals surface area contributed by atoms with E-state index in [1.165, 1.54) is 0 Å². The predicted molar refractivity (Wildman–Crippen MR) is 97.3 cm³/mol. The molecule has 0 saturated carbocycles. The smallest absolute Gasteiger partial charge is 0.199 e. The zero-order chi connectivity index (χ0) is 17.8. The molecule has 25 heavy (non-hydrogen) atoms. The quantitative estimate of drug-likeness (QED) is 0.718. The number of phenolic OH excluding ortho intramolecular Hbond substituents is 1. The van der Waals surface area contributed by atoms with E-state index in [1.54, 1.807) is 0 Å². The number of ether oxygens (including phenoxy) is 1. The van der Waals surface area contributed by atoms with Crippen LogP contribution in [-0.2, 0) is 12.8 Å². The number of benzene rings is 2. The summed E-state index contributed by atoms with van der Waals surface area (Å²) in [5.74, 6) is 2.74. The summed E-state index contributed by atoms with van der Waals surface area (Å²) in [6.45, 7) is 6.30. The van der Waals surface area contributed by atoms with E-state index in [1.807, 2.05) is 63.2 Å². The van der Waals surface area contributed by atoms with Crippen LogP contribution in [0.1, 0.15) is 34.0 Å². The number of aromatic nitrogens is 1. The van der Waals surface area contributed by atoms with Crippen molar-refractivity contribution in [1.82, 2.24) is 4.98 Å². The van der Waals surface area contributed by atoms with Crippen molar-refractivity contribution < 1.29 is 14.3 Å². The second-order valence-corrected chi connectivity index (χ2v) is 6.28. The van der Waals surface area contributed by atoms with Crippen molar-refractivity contribution >= 4 is 0 Å². The number of aromatic hydroxyl groups is 1. The number of nitrogens with zero attached hydrogens (tertiary/aromatic N) is 1. The minimum absolute atomic E-state index is 0.353. The van der Waals surface area contributed by atoms with E-state index in [0.717, 1.165) is 33.9 Å². The Morgan fingerprint density at radius 1 is 1.04 bits per heavy atom. The lowest BCUT2D eigenvalue weighted by atomic mass is 10.0. The Bertz CT molecular complexity index is 830. The van der Waals surface area contributed by atoms with Crippen molar-refractivity contribution in [3.63, 3.8) is 0 Å². The third-order valence-electron chi connectivity index (χ3n) is 4.19. The number of phenols is 1. The van der Waals surface area contributed by atoms with Crippen molar-refractivity contribution in [2.45, 2.75) is 33.6 Å². The third-order valence-corrected chi connectivity index (χ3v) is 4.19. The van der Waals surface area contributed by atoms with E-state index in [9.17, 15) is 5.11 Å². The molecule has 0 radical (unpaired) electrons. The van der Waals surface area contributed by atoms with Crippen LogP contribution < -0.4 is 4.74 Å². The molecule has 0 aliphatic rings. The average molecular weight is 337 g/mol. The standard InChI is InChI=1S/C21H23NO3/c1-14-11-17(12-15(2)21(14)23)13-20-22-19(16(3)25-20)9-10-24-18-7-5-4-6-8-18/h4-8,11-12,23H,9-10,13H2,1-3H3. The molecule has 3 rings (SSSR count). The minimum atomic E-state index is 0.353. The molecule has 1 N–H and O–H groups in total. The van der Waals surface area contributed by atoms with Crippen molar-refractivity contribution in [1.29, 1.82) is 0 Å². The highest BCUT2D eigenvalue weighted by Gasteiger charge is 2.12. The van der Waals surface area contributed by atoms with E-state index in [2.05, 4.69) is 4.98 Å². The molecule has 0 aliphatic heterocycles. The molecule has 2 aromatic carbocycles. The van der Waals surface area contributed by atoms with Crippen LogP contribution >= 0.6 is 0 Å².